The molecule has 1 aliphatic heterocycles. The predicted molar refractivity (Wildman–Crippen MR) is 109 cm³/mol. The molecule has 1 amide bonds. The standard InChI is InChI=1S/C21H26N2O3S/c1-14-11-16(3)21(17(4)12-14)27(25,26)22-18-8-9-19(15(2)13-18)23-10-6-5-7-20(23)24/h8-9,11-13,22H,5-7,10H2,1-4H3. The van der Waals surface area contributed by atoms with Crippen molar-refractivity contribution in [1.82, 2.24) is 0 Å². The van der Waals surface area contributed by atoms with E-state index in [1.54, 1.807) is 17.0 Å². The minimum Gasteiger partial charge on any atom is -0.312 e. The molecule has 0 spiro atoms. The van der Waals surface area contributed by atoms with E-state index in [2.05, 4.69) is 4.72 Å². The first kappa shape index (κ1) is 19.4. The molecule has 0 atom stereocenters. The van der Waals surface area contributed by atoms with Gasteiger partial charge in [0, 0.05) is 24.3 Å². The zero-order valence-corrected chi connectivity index (χ0v) is 17.1. The Kier molecular flexibility index (Phi) is 5.29. The normalized spacial score (nSPS) is 15.1. The molecule has 1 aliphatic rings. The second kappa shape index (κ2) is 7.35. The highest BCUT2D eigenvalue weighted by molar-refractivity contribution is 7.92. The minimum absolute atomic E-state index is 0.128. The number of carbonyl (C=O) groups excluding carboxylic acids is 1. The summed E-state index contributed by atoms with van der Waals surface area (Å²) in [5.74, 6) is 0.128. The van der Waals surface area contributed by atoms with Crippen LogP contribution in [-0.4, -0.2) is 20.9 Å². The summed E-state index contributed by atoms with van der Waals surface area (Å²) in [6, 6.07) is 9.08. The van der Waals surface area contributed by atoms with Crippen LogP contribution in [0.15, 0.2) is 35.2 Å². The van der Waals surface area contributed by atoms with Gasteiger partial charge in [-0.25, -0.2) is 8.42 Å². The Morgan fingerprint density at radius 1 is 0.926 bits per heavy atom. The summed E-state index contributed by atoms with van der Waals surface area (Å²) in [5, 5.41) is 0. The van der Waals surface area contributed by atoms with Crippen LogP contribution in [0.3, 0.4) is 0 Å². The molecule has 0 unspecified atom stereocenters. The third kappa shape index (κ3) is 4.00. The summed E-state index contributed by atoms with van der Waals surface area (Å²) in [6.45, 7) is 8.19. The molecule has 5 nitrogen and oxygen atoms in total. The van der Waals surface area contributed by atoms with Crippen LogP contribution in [0, 0.1) is 27.7 Å². The summed E-state index contributed by atoms with van der Waals surface area (Å²) in [4.78, 5) is 14.3. The summed E-state index contributed by atoms with van der Waals surface area (Å²) < 4.78 is 28.5. The smallest absolute Gasteiger partial charge is 0.262 e. The Hall–Kier alpha value is -2.34. The highest BCUT2D eigenvalue weighted by Crippen LogP contribution is 2.29. The van der Waals surface area contributed by atoms with E-state index >= 15 is 0 Å². The van der Waals surface area contributed by atoms with Crippen molar-refractivity contribution in [3.8, 4) is 0 Å². The molecular formula is C21H26N2O3S. The van der Waals surface area contributed by atoms with E-state index in [-0.39, 0.29) is 5.91 Å². The molecule has 1 N–H and O–H groups in total. The third-order valence-electron chi connectivity index (χ3n) is 4.94. The van der Waals surface area contributed by atoms with E-state index in [1.807, 2.05) is 45.9 Å². The fourth-order valence-electron chi connectivity index (χ4n) is 3.88. The number of anilines is 2. The van der Waals surface area contributed by atoms with Crippen LogP contribution in [0.4, 0.5) is 11.4 Å². The number of hydrogen-bond acceptors (Lipinski definition) is 3. The van der Waals surface area contributed by atoms with Crippen molar-refractivity contribution >= 4 is 27.3 Å². The Labute approximate surface area is 161 Å². The van der Waals surface area contributed by atoms with Crippen LogP contribution < -0.4 is 9.62 Å². The summed E-state index contributed by atoms with van der Waals surface area (Å²) >= 11 is 0. The van der Waals surface area contributed by atoms with Crippen molar-refractivity contribution < 1.29 is 13.2 Å². The van der Waals surface area contributed by atoms with Crippen molar-refractivity contribution in [2.75, 3.05) is 16.2 Å². The summed E-state index contributed by atoms with van der Waals surface area (Å²) in [7, 11) is -3.69. The number of aryl methyl sites for hydroxylation is 4. The molecule has 0 saturated carbocycles. The maximum Gasteiger partial charge on any atom is 0.262 e. The molecule has 0 bridgehead atoms. The van der Waals surface area contributed by atoms with E-state index in [1.165, 1.54) is 0 Å². The topological polar surface area (TPSA) is 66.5 Å². The van der Waals surface area contributed by atoms with Crippen LogP contribution in [0.25, 0.3) is 0 Å². The van der Waals surface area contributed by atoms with Crippen molar-refractivity contribution in [2.45, 2.75) is 51.9 Å². The van der Waals surface area contributed by atoms with E-state index < -0.39 is 10.0 Å². The number of rotatable bonds is 4. The van der Waals surface area contributed by atoms with Gasteiger partial charge in [0.05, 0.1) is 4.90 Å². The van der Waals surface area contributed by atoms with Crippen molar-refractivity contribution in [2.24, 2.45) is 0 Å². The number of sulfonamides is 1. The zero-order valence-electron chi connectivity index (χ0n) is 16.3. The Morgan fingerprint density at radius 2 is 1.59 bits per heavy atom. The van der Waals surface area contributed by atoms with Crippen molar-refractivity contribution in [3.05, 3.63) is 52.6 Å². The summed E-state index contributed by atoms with van der Waals surface area (Å²) in [5.41, 5.74) is 4.73. The molecule has 1 saturated heterocycles. The predicted octanol–water partition coefficient (Wildman–Crippen LogP) is 4.24. The van der Waals surface area contributed by atoms with Gasteiger partial charge in [0.2, 0.25) is 5.91 Å². The number of nitrogens with one attached hydrogen (secondary N) is 1. The largest absolute Gasteiger partial charge is 0.312 e. The van der Waals surface area contributed by atoms with Gasteiger partial charge in [-0.3, -0.25) is 9.52 Å². The van der Waals surface area contributed by atoms with Crippen LogP contribution in [-0.2, 0) is 14.8 Å². The number of carbonyl (C=O) groups is 1. The molecule has 1 heterocycles. The first-order valence-corrected chi connectivity index (χ1v) is 10.7. The van der Waals surface area contributed by atoms with Gasteiger partial charge in [-0.05, 0) is 75.4 Å². The number of benzene rings is 2. The first-order valence-electron chi connectivity index (χ1n) is 9.21. The van der Waals surface area contributed by atoms with Gasteiger partial charge in [0.1, 0.15) is 0 Å². The van der Waals surface area contributed by atoms with Crippen molar-refractivity contribution in [1.29, 1.82) is 0 Å². The molecule has 1 fully saturated rings. The van der Waals surface area contributed by atoms with Gasteiger partial charge in [-0.2, -0.15) is 0 Å². The van der Waals surface area contributed by atoms with Gasteiger partial charge >= 0.3 is 0 Å². The molecule has 2 aromatic rings. The fourth-order valence-corrected chi connectivity index (χ4v) is 5.38. The lowest BCUT2D eigenvalue weighted by Gasteiger charge is -2.28. The second-order valence-electron chi connectivity index (χ2n) is 7.34. The Bertz CT molecular complexity index is 973. The molecule has 3 rings (SSSR count). The Morgan fingerprint density at radius 3 is 2.19 bits per heavy atom. The summed E-state index contributed by atoms with van der Waals surface area (Å²) in [6.07, 6.45) is 2.49. The van der Waals surface area contributed by atoms with Crippen molar-refractivity contribution in [3.63, 3.8) is 0 Å². The maximum absolute atomic E-state index is 12.9. The molecule has 2 aromatic carbocycles. The monoisotopic (exact) mass is 386 g/mol. The average molecular weight is 387 g/mol. The molecule has 144 valence electrons. The van der Waals surface area contributed by atoms with E-state index in [0.29, 0.717) is 23.5 Å². The van der Waals surface area contributed by atoms with Gasteiger partial charge in [0.15, 0.2) is 0 Å². The fraction of sp³-hybridized carbons (Fsp3) is 0.381. The van der Waals surface area contributed by atoms with E-state index in [0.717, 1.165) is 40.8 Å². The van der Waals surface area contributed by atoms with E-state index in [9.17, 15) is 13.2 Å². The maximum atomic E-state index is 12.9. The lowest BCUT2D eigenvalue weighted by molar-refractivity contribution is -0.119. The third-order valence-corrected chi connectivity index (χ3v) is 6.62. The molecule has 0 radical (unpaired) electrons. The van der Waals surface area contributed by atoms with Gasteiger partial charge in [-0.1, -0.05) is 17.7 Å². The SMILES string of the molecule is Cc1cc(C)c(S(=O)(=O)Nc2ccc(N3CCCCC3=O)c(C)c2)c(C)c1. The number of hydrogen-bond donors (Lipinski definition) is 1. The van der Waals surface area contributed by atoms with Crippen LogP contribution in [0.2, 0.25) is 0 Å². The molecular weight excluding hydrogens is 360 g/mol. The lowest BCUT2D eigenvalue weighted by Crippen LogP contribution is -2.35. The molecule has 0 aromatic heterocycles. The van der Waals surface area contributed by atoms with Crippen LogP contribution in [0.5, 0.6) is 0 Å². The molecule has 27 heavy (non-hydrogen) atoms. The van der Waals surface area contributed by atoms with E-state index in [4.69, 9.17) is 0 Å². The first-order chi connectivity index (χ1) is 12.7. The van der Waals surface area contributed by atoms with Gasteiger partial charge < -0.3 is 4.90 Å². The van der Waals surface area contributed by atoms with Crippen LogP contribution >= 0.6 is 0 Å². The number of piperidine rings is 1. The Balaban J connectivity index is 1.90. The quantitative estimate of drug-likeness (QED) is 0.855. The number of amides is 1. The van der Waals surface area contributed by atoms with Gasteiger partial charge in [-0.15, -0.1) is 0 Å². The lowest BCUT2D eigenvalue weighted by atomic mass is 10.1. The highest BCUT2D eigenvalue weighted by Gasteiger charge is 2.23. The van der Waals surface area contributed by atoms with Gasteiger partial charge in [0.25, 0.3) is 10.0 Å². The minimum atomic E-state index is -3.69. The highest BCUT2D eigenvalue weighted by atomic mass is 32.2. The molecule has 6 heteroatoms. The average Bonchev–Trinajstić information content (AvgIpc) is 2.54. The second-order valence-corrected chi connectivity index (χ2v) is 8.96. The molecule has 0 aliphatic carbocycles. The van der Waals surface area contributed by atoms with Crippen LogP contribution in [0.1, 0.15) is 41.5 Å². The number of nitrogens with zero attached hydrogens (tertiary/aromatic N) is 1. The zero-order chi connectivity index (χ0) is 19.8.